The van der Waals surface area contributed by atoms with Crippen LogP contribution in [0.2, 0.25) is 0 Å². The van der Waals surface area contributed by atoms with E-state index >= 15 is 0 Å². The molecule has 5 nitrogen and oxygen atoms in total. The highest BCUT2D eigenvalue weighted by Gasteiger charge is 2.14. The molecule has 0 aliphatic rings. The number of carbonyl (C=O) groups excluding carboxylic acids is 1. The highest BCUT2D eigenvalue weighted by atomic mass is 79.9. The van der Waals surface area contributed by atoms with E-state index in [9.17, 15) is 4.79 Å². The molecule has 1 amide bonds. The van der Waals surface area contributed by atoms with Crippen molar-refractivity contribution >= 4 is 70.9 Å². The van der Waals surface area contributed by atoms with Gasteiger partial charge in [-0.25, -0.2) is 5.43 Å². The molecule has 0 saturated heterocycles. The fraction of sp³-hybridized carbons (Fsp3) is 0.111. The number of nitrogens with zero attached hydrogens (tertiary/aromatic N) is 1. The van der Waals surface area contributed by atoms with Crippen LogP contribution in [-0.4, -0.2) is 18.7 Å². The molecule has 1 heterocycles. The molecule has 0 spiro atoms. The molecule has 0 atom stereocenters. The highest BCUT2D eigenvalue weighted by Crippen LogP contribution is 2.31. The second kappa shape index (κ2) is 8.37. The van der Waals surface area contributed by atoms with Crippen molar-refractivity contribution in [1.82, 2.24) is 5.43 Å². The zero-order valence-corrected chi connectivity index (χ0v) is 18.3. The van der Waals surface area contributed by atoms with Crippen LogP contribution < -0.4 is 10.2 Å². The zero-order valence-electron chi connectivity index (χ0n) is 13.6. The Kier molecular flexibility index (Phi) is 6.16. The first-order valence-electron chi connectivity index (χ1n) is 7.62. The molecule has 8 heteroatoms. The lowest BCUT2D eigenvalue weighted by atomic mass is 10.2. The van der Waals surface area contributed by atoms with Crippen molar-refractivity contribution in [2.75, 3.05) is 6.61 Å². The molecule has 0 aliphatic carbocycles. The van der Waals surface area contributed by atoms with Gasteiger partial charge in [0.05, 0.1) is 21.8 Å². The molecule has 134 valence electrons. The quantitative estimate of drug-likeness (QED) is 0.322. The first-order valence-corrected chi connectivity index (χ1v) is 10.00. The first kappa shape index (κ1) is 19.1. The summed E-state index contributed by atoms with van der Waals surface area (Å²) in [6, 6.07) is 10.9. The number of carbonyl (C=O) groups is 1. The van der Waals surface area contributed by atoms with Crippen molar-refractivity contribution in [1.29, 1.82) is 0 Å². The lowest BCUT2D eigenvalue weighted by Crippen LogP contribution is -2.16. The fourth-order valence-corrected chi connectivity index (χ4v) is 4.13. The molecule has 0 unspecified atom stereocenters. The van der Waals surface area contributed by atoms with Crippen LogP contribution in [0.15, 0.2) is 59.3 Å². The predicted octanol–water partition coefficient (Wildman–Crippen LogP) is 5.88. The molecule has 0 fully saturated rings. The Labute approximate surface area is 175 Å². The van der Waals surface area contributed by atoms with E-state index < -0.39 is 5.91 Å². The molecule has 26 heavy (non-hydrogen) atoms. The Morgan fingerprint density at radius 3 is 2.73 bits per heavy atom. The van der Waals surface area contributed by atoms with E-state index in [2.05, 4.69) is 58.3 Å². The van der Waals surface area contributed by atoms with E-state index in [1.165, 1.54) is 0 Å². The molecular formula is C18H13Br3N2O3. The van der Waals surface area contributed by atoms with Crippen LogP contribution >= 0.6 is 47.8 Å². The topological polar surface area (TPSA) is 63.8 Å². The largest absolute Gasteiger partial charge is 0.493 e. The molecule has 2 aromatic carbocycles. The smallest absolute Gasteiger partial charge is 0.307 e. The molecular weight excluding hydrogens is 532 g/mol. The van der Waals surface area contributed by atoms with Crippen molar-refractivity contribution in [3.8, 4) is 5.75 Å². The average molecular weight is 545 g/mol. The van der Waals surface area contributed by atoms with Gasteiger partial charge < -0.3 is 9.15 Å². The van der Waals surface area contributed by atoms with Crippen LogP contribution in [0.3, 0.4) is 0 Å². The van der Waals surface area contributed by atoms with Gasteiger partial charge in [-0.3, -0.25) is 4.79 Å². The number of benzene rings is 2. The van der Waals surface area contributed by atoms with E-state index in [4.69, 9.17) is 9.15 Å². The maximum atomic E-state index is 12.2. The molecule has 1 aromatic heterocycles. The maximum Gasteiger partial charge on any atom is 0.307 e. The minimum absolute atomic E-state index is 0.184. The van der Waals surface area contributed by atoms with Crippen LogP contribution in [0, 0.1) is 0 Å². The van der Waals surface area contributed by atoms with Gasteiger partial charge in [0.25, 0.3) is 0 Å². The van der Waals surface area contributed by atoms with Gasteiger partial charge in [-0.15, -0.1) is 0 Å². The lowest BCUT2D eigenvalue weighted by Gasteiger charge is -2.05. The molecule has 1 N–H and O–H groups in total. The van der Waals surface area contributed by atoms with Gasteiger partial charge in [-0.2, -0.15) is 5.10 Å². The summed E-state index contributed by atoms with van der Waals surface area (Å²) in [5.74, 6) is 0.516. The number of halogens is 3. The molecule has 3 rings (SSSR count). The number of furan rings is 1. The number of rotatable bonds is 5. The van der Waals surface area contributed by atoms with Crippen LogP contribution in [0.1, 0.15) is 23.0 Å². The van der Waals surface area contributed by atoms with E-state index in [-0.39, 0.29) is 5.76 Å². The van der Waals surface area contributed by atoms with E-state index in [0.717, 1.165) is 30.1 Å². The number of fused-ring (bicyclic) bond motifs is 1. The van der Waals surface area contributed by atoms with Crippen molar-refractivity contribution in [2.45, 2.75) is 6.92 Å². The standard InChI is InChI=1S/C18H13Br3N2O3/c1-2-25-15-4-3-10(5-13(15)20)9-22-23-18(24)16-7-11-6-12(19)8-14(21)17(11)26-16/h3-9H,2H2,1H3,(H,23,24)/b22-9-. The van der Waals surface area contributed by atoms with Gasteiger partial charge in [0.15, 0.2) is 5.76 Å². The lowest BCUT2D eigenvalue weighted by molar-refractivity contribution is 0.0929. The Morgan fingerprint density at radius 2 is 2.00 bits per heavy atom. The number of ether oxygens (including phenoxy) is 1. The summed E-state index contributed by atoms with van der Waals surface area (Å²) < 4.78 is 13.5. The number of hydrogen-bond acceptors (Lipinski definition) is 4. The van der Waals surface area contributed by atoms with Crippen molar-refractivity contribution < 1.29 is 13.9 Å². The maximum absolute atomic E-state index is 12.2. The monoisotopic (exact) mass is 542 g/mol. The Bertz CT molecular complexity index is 999. The van der Waals surface area contributed by atoms with Crippen molar-refractivity contribution in [2.24, 2.45) is 5.10 Å². The normalized spacial score (nSPS) is 11.2. The van der Waals surface area contributed by atoms with Crippen LogP contribution in [0.4, 0.5) is 0 Å². The molecule has 0 saturated carbocycles. The summed E-state index contributed by atoms with van der Waals surface area (Å²) in [6.07, 6.45) is 1.55. The van der Waals surface area contributed by atoms with E-state index in [1.807, 2.05) is 37.3 Å². The van der Waals surface area contributed by atoms with Gasteiger partial charge >= 0.3 is 5.91 Å². The number of hydrazone groups is 1. The third kappa shape index (κ3) is 4.36. The minimum Gasteiger partial charge on any atom is -0.493 e. The zero-order chi connectivity index (χ0) is 18.7. The number of amides is 1. The summed E-state index contributed by atoms with van der Waals surface area (Å²) in [7, 11) is 0. The molecule has 3 aromatic rings. The third-order valence-corrected chi connectivity index (χ3v) is 5.06. The summed E-state index contributed by atoms with van der Waals surface area (Å²) >= 11 is 10.3. The predicted molar refractivity (Wildman–Crippen MR) is 112 cm³/mol. The summed E-state index contributed by atoms with van der Waals surface area (Å²) in [6.45, 7) is 2.51. The van der Waals surface area contributed by atoms with E-state index in [0.29, 0.717) is 12.2 Å². The van der Waals surface area contributed by atoms with Crippen LogP contribution in [0.25, 0.3) is 11.0 Å². The van der Waals surface area contributed by atoms with Gasteiger partial charge in [-0.1, -0.05) is 15.9 Å². The van der Waals surface area contributed by atoms with Crippen molar-refractivity contribution in [3.63, 3.8) is 0 Å². The molecule has 0 bridgehead atoms. The summed E-state index contributed by atoms with van der Waals surface area (Å²) in [5, 5.41) is 4.79. The Hall–Kier alpha value is -1.64. The fourth-order valence-electron chi connectivity index (χ4n) is 2.28. The van der Waals surface area contributed by atoms with Gasteiger partial charge in [0.2, 0.25) is 0 Å². The SMILES string of the molecule is CCOc1ccc(/C=N\NC(=O)c2cc3cc(Br)cc(Br)c3o2)cc1Br. The Balaban J connectivity index is 1.71. The summed E-state index contributed by atoms with van der Waals surface area (Å²) in [4.78, 5) is 12.2. The second-order valence-electron chi connectivity index (χ2n) is 5.24. The van der Waals surface area contributed by atoms with Crippen LogP contribution in [-0.2, 0) is 0 Å². The van der Waals surface area contributed by atoms with Gasteiger partial charge in [-0.05, 0) is 80.7 Å². The third-order valence-electron chi connectivity index (χ3n) is 3.40. The van der Waals surface area contributed by atoms with E-state index in [1.54, 1.807) is 12.3 Å². The summed E-state index contributed by atoms with van der Waals surface area (Å²) in [5.41, 5.74) is 3.89. The van der Waals surface area contributed by atoms with Gasteiger partial charge in [0.1, 0.15) is 11.3 Å². The Morgan fingerprint density at radius 1 is 1.19 bits per heavy atom. The first-order chi connectivity index (χ1) is 12.5. The van der Waals surface area contributed by atoms with Crippen molar-refractivity contribution in [3.05, 3.63) is 61.1 Å². The average Bonchev–Trinajstić information content (AvgIpc) is 3.02. The molecule has 0 radical (unpaired) electrons. The highest BCUT2D eigenvalue weighted by molar-refractivity contribution is 9.11. The number of hydrogen-bond donors (Lipinski definition) is 1. The second-order valence-corrected chi connectivity index (χ2v) is 7.86. The van der Waals surface area contributed by atoms with Gasteiger partial charge in [0, 0.05) is 9.86 Å². The minimum atomic E-state index is -0.425. The number of nitrogens with one attached hydrogen (secondary N) is 1. The molecule has 0 aliphatic heterocycles. The van der Waals surface area contributed by atoms with Crippen LogP contribution in [0.5, 0.6) is 5.75 Å².